The van der Waals surface area contributed by atoms with Crippen molar-refractivity contribution in [2.75, 3.05) is 6.54 Å². The van der Waals surface area contributed by atoms with Gasteiger partial charge in [0.2, 0.25) is 0 Å². The number of carboxylic acids is 1. The first-order valence-corrected chi connectivity index (χ1v) is 6.15. The summed E-state index contributed by atoms with van der Waals surface area (Å²) in [6, 6.07) is -1.02. The molecule has 0 aliphatic rings. The lowest BCUT2D eigenvalue weighted by atomic mass is 10.1. The molecule has 0 rings (SSSR count). The van der Waals surface area contributed by atoms with E-state index in [4.69, 9.17) is 5.11 Å². The molecule has 0 aromatic rings. The van der Waals surface area contributed by atoms with Crippen molar-refractivity contribution in [1.29, 1.82) is 0 Å². The molecule has 0 aliphatic heterocycles. The van der Waals surface area contributed by atoms with Crippen molar-refractivity contribution in [3.63, 3.8) is 0 Å². The van der Waals surface area contributed by atoms with Gasteiger partial charge in [-0.25, -0.2) is 9.59 Å². The van der Waals surface area contributed by atoms with Crippen LogP contribution >= 0.6 is 0 Å². The van der Waals surface area contributed by atoms with E-state index in [9.17, 15) is 9.59 Å². The molecular weight excluding hydrogens is 220 g/mol. The molecule has 0 aromatic carbocycles. The third-order valence-corrected chi connectivity index (χ3v) is 2.94. The highest BCUT2D eigenvalue weighted by atomic mass is 16.4. The lowest BCUT2D eigenvalue weighted by molar-refractivity contribution is -0.140. The molecule has 100 valence electrons. The second-order valence-electron chi connectivity index (χ2n) is 4.55. The normalized spacial score (nSPS) is 14.2. The standard InChI is InChI=1S/C12H24N2O3/c1-6-9(5)14(7-2)12(17)13-10(8(3)4)11(15)16/h8-10H,6-7H2,1-5H3,(H,13,17)(H,15,16). The maximum atomic E-state index is 11.9. The minimum Gasteiger partial charge on any atom is -0.480 e. The number of aliphatic carboxylic acids is 1. The van der Waals surface area contributed by atoms with Crippen LogP contribution in [-0.4, -0.2) is 40.6 Å². The smallest absolute Gasteiger partial charge is 0.326 e. The Kier molecular flexibility index (Phi) is 6.61. The summed E-state index contributed by atoms with van der Waals surface area (Å²) in [6.45, 7) is 9.96. The Morgan fingerprint density at radius 3 is 2.06 bits per heavy atom. The second kappa shape index (κ2) is 7.14. The van der Waals surface area contributed by atoms with Gasteiger partial charge in [-0.3, -0.25) is 0 Å². The summed E-state index contributed by atoms with van der Waals surface area (Å²) in [7, 11) is 0. The van der Waals surface area contributed by atoms with Crippen LogP contribution < -0.4 is 5.32 Å². The molecule has 2 amide bonds. The molecule has 0 aliphatic carbocycles. The number of nitrogens with one attached hydrogen (secondary N) is 1. The van der Waals surface area contributed by atoms with Gasteiger partial charge in [0, 0.05) is 12.6 Å². The predicted octanol–water partition coefficient (Wildman–Crippen LogP) is 1.93. The van der Waals surface area contributed by atoms with E-state index in [0.29, 0.717) is 6.54 Å². The molecule has 0 heterocycles. The van der Waals surface area contributed by atoms with Crippen LogP contribution in [0.4, 0.5) is 4.79 Å². The molecule has 2 unspecified atom stereocenters. The lowest BCUT2D eigenvalue weighted by Gasteiger charge is -2.29. The molecule has 0 saturated carbocycles. The Labute approximate surface area is 103 Å². The van der Waals surface area contributed by atoms with Crippen LogP contribution in [0.3, 0.4) is 0 Å². The van der Waals surface area contributed by atoms with Crippen LogP contribution in [0.25, 0.3) is 0 Å². The van der Waals surface area contributed by atoms with Crippen LogP contribution in [0.2, 0.25) is 0 Å². The molecule has 5 nitrogen and oxygen atoms in total. The van der Waals surface area contributed by atoms with Gasteiger partial charge in [0.15, 0.2) is 0 Å². The summed E-state index contributed by atoms with van der Waals surface area (Å²) in [5.74, 6) is -1.12. The average molecular weight is 244 g/mol. The fourth-order valence-electron chi connectivity index (χ4n) is 1.61. The highest BCUT2D eigenvalue weighted by Gasteiger charge is 2.26. The zero-order valence-corrected chi connectivity index (χ0v) is 11.4. The summed E-state index contributed by atoms with van der Waals surface area (Å²) in [4.78, 5) is 24.6. The maximum Gasteiger partial charge on any atom is 0.326 e. The monoisotopic (exact) mass is 244 g/mol. The van der Waals surface area contributed by atoms with Gasteiger partial charge in [-0.15, -0.1) is 0 Å². The van der Waals surface area contributed by atoms with Crippen molar-refractivity contribution in [2.24, 2.45) is 5.92 Å². The molecule has 2 atom stereocenters. The molecule has 0 saturated heterocycles. The first kappa shape index (κ1) is 15.7. The van der Waals surface area contributed by atoms with Gasteiger partial charge in [-0.2, -0.15) is 0 Å². The van der Waals surface area contributed by atoms with Crippen molar-refractivity contribution >= 4 is 12.0 Å². The summed E-state index contributed by atoms with van der Waals surface area (Å²) in [5.41, 5.74) is 0. The number of hydrogen-bond donors (Lipinski definition) is 2. The molecule has 0 fully saturated rings. The summed E-state index contributed by atoms with van der Waals surface area (Å²) in [6.07, 6.45) is 0.848. The van der Waals surface area contributed by atoms with Gasteiger partial charge in [0.05, 0.1) is 0 Å². The third-order valence-electron chi connectivity index (χ3n) is 2.94. The van der Waals surface area contributed by atoms with E-state index < -0.39 is 12.0 Å². The number of hydrogen-bond acceptors (Lipinski definition) is 2. The van der Waals surface area contributed by atoms with Crippen LogP contribution in [0.15, 0.2) is 0 Å². The van der Waals surface area contributed by atoms with Gasteiger partial charge in [0.25, 0.3) is 0 Å². The number of carbonyl (C=O) groups excluding carboxylic acids is 1. The first-order valence-electron chi connectivity index (χ1n) is 6.15. The van der Waals surface area contributed by atoms with Crippen molar-refractivity contribution in [3.05, 3.63) is 0 Å². The van der Waals surface area contributed by atoms with E-state index in [0.717, 1.165) is 6.42 Å². The van der Waals surface area contributed by atoms with Gasteiger partial charge in [0.1, 0.15) is 6.04 Å². The summed E-state index contributed by atoms with van der Waals surface area (Å²) < 4.78 is 0. The molecule has 0 radical (unpaired) electrons. The number of urea groups is 1. The Balaban J connectivity index is 4.63. The molecule has 0 aromatic heterocycles. The van der Waals surface area contributed by atoms with E-state index in [2.05, 4.69) is 5.32 Å². The molecule has 0 spiro atoms. The van der Waals surface area contributed by atoms with E-state index in [-0.39, 0.29) is 18.0 Å². The van der Waals surface area contributed by atoms with Crippen molar-refractivity contribution in [2.45, 2.75) is 53.1 Å². The first-order chi connectivity index (χ1) is 7.84. The number of amides is 2. The van der Waals surface area contributed by atoms with Crippen LogP contribution in [0.5, 0.6) is 0 Å². The lowest BCUT2D eigenvalue weighted by Crippen LogP contribution is -2.52. The Hall–Kier alpha value is -1.26. The maximum absolute atomic E-state index is 11.9. The highest BCUT2D eigenvalue weighted by Crippen LogP contribution is 2.07. The van der Waals surface area contributed by atoms with Gasteiger partial charge >= 0.3 is 12.0 Å². The van der Waals surface area contributed by atoms with Crippen LogP contribution in [0, 0.1) is 5.92 Å². The Bertz CT molecular complexity index is 266. The molecule has 2 N–H and O–H groups in total. The Morgan fingerprint density at radius 1 is 1.24 bits per heavy atom. The van der Waals surface area contributed by atoms with E-state index in [1.54, 1.807) is 18.7 Å². The third kappa shape index (κ3) is 4.63. The minimum absolute atomic E-state index is 0.113. The summed E-state index contributed by atoms with van der Waals surface area (Å²) in [5, 5.41) is 11.6. The average Bonchev–Trinajstić information content (AvgIpc) is 2.25. The zero-order chi connectivity index (χ0) is 13.6. The molecule has 17 heavy (non-hydrogen) atoms. The Morgan fingerprint density at radius 2 is 1.76 bits per heavy atom. The van der Waals surface area contributed by atoms with E-state index in [1.165, 1.54) is 0 Å². The number of carbonyl (C=O) groups is 2. The highest BCUT2D eigenvalue weighted by molar-refractivity contribution is 5.82. The fraction of sp³-hybridized carbons (Fsp3) is 0.833. The summed E-state index contributed by atoms with van der Waals surface area (Å²) >= 11 is 0. The van der Waals surface area contributed by atoms with Crippen molar-refractivity contribution in [1.82, 2.24) is 10.2 Å². The number of nitrogens with zero attached hydrogens (tertiary/aromatic N) is 1. The van der Waals surface area contributed by atoms with Gasteiger partial charge in [-0.1, -0.05) is 20.8 Å². The second-order valence-corrected chi connectivity index (χ2v) is 4.55. The number of rotatable bonds is 6. The van der Waals surface area contributed by atoms with Crippen molar-refractivity contribution in [3.8, 4) is 0 Å². The fourth-order valence-corrected chi connectivity index (χ4v) is 1.61. The SMILES string of the molecule is CCC(C)N(CC)C(=O)NC(C(=O)O)C(C)C. The number of carboxylic acid groups (broad SMARTS) is 1. The van der Waals surface area contributed by atoms with Crippen LogP contribution in [0.1, 0.15) is 41.0 Å². The molecule has 0 bridgehead atoms. The minimum atomic E-state index is -0.992. The van der Waals surface area contributed by atoms with Gasteiger partial charge in [-0.05, 0) is 26.2 Å². The quantitative estimate of drug-likeness (QED) is 0.750. The largest absolute Gasteiger partial charge is 0.480 e. The van der Waals surface area contributed by atoms with Gasteiger partial charge < -0.3 is 15.3 Å². The van der Waals surface area contributed by atoms with Crippen molar-refractivity contribution < 1.29 is 14.7 Å². The van der Waals surface area contributed by atoms with E-state index >= 15 is 0 Å². The van der Waals surface area contributed by atoms with E-state index in [1.807, 2.05) is 20.8 Å². The zero-order valence-electron chi connectivity index (χ0n) is 11.4. The molecular formula is C12H24N2O3. The topological polar surface area (TPSA) is 69.6 Å². The molecule has 5 heteroatoms. The van der Waals surface area contributed by atoms with Crippen LogP contribution in [-0.2, 0) is 4.79 Å². The predicted molar refractivity (Wildman–Crippen MR) is 66.9 cm³/mol.